The number of thiazole rings is 1. The van der Waals surface area contributed by atoms with Crippen LogP contribution in [0.1, 0.15) is 31.1 Å². The number of nitrogens with zero attached hydrogens (tertiary/aromatic N) is 1. The van der Waals surface area contributed by atoms with Crippen molar-refractivity contribution in [2.24, 2.45) is 0 Å². The van der Waals surface area contributed by atoms with E-state index in [1.165, 1.54) is 23.1 Å². The summed E-state index contributed by atoms with van der Waals surface area (Å²) < 4.78 is 10.9. The second-order valence-corrected chi connectivity index (χ2v) is 9.09. The Morgan fingerprint density at radius 1 is 1.19 bits per heavy atom. The molecule has 0 bridgehead atoms. The van der Waals surface area contributed by atoms with Gasteiger partial charge >= 0.3 is 18.0 Å². The van der Waals surface area contributed by atoms with E-state index >= 15 is 0 Å². The number of aromatic nitrogens is 1. The van der Waals surface area contributed by atoms with E-state index in [0.29, 0.717) is 38.5 Å². The predicted octanol–water partition coefficient (Wildman–Crippen LogP) is 3.87. The number of nitrogens with one attached hydrogen (secondary N) is 2. The minimum atomic E-state index is -0.675. The normalized spacial score (nSPS) is 15.7. The first kappa shape index (κ1) is 24.1. The van der Waals surface area contributed by atoms with Gasteiger partial charge in [0.15, 0.2) is 4.34 Å². The van der Waals surface area contributed by atoms with Crippen molar-refractivity contribution < 1.29 is 23.9 Å². The van der Waals surface area contributed by atoms with Crippen molar-refractivity contribution in [2.45, 2.75) is 30.6 Å². The number of halogens is 1. The number of urea groups is 1. The van der Waals surface area contributed by atoms with Crippen LogP contribution in [0.3, 0.4) is 0 Å². The molecule has 2 heterocycles. The summed E-state index contributed by atoms with van der Waals surface area (Å²) in [4.78, 5) is 41.2. The fourth-order valence-corrected chi connectivity index (χ4v) is 4.96. The summed E-state index contributed by atoms with van der Waals surface area (Å²) in [6.07, 6.45) is 0.0982. The summed E-state index contributed by atoms with van der Waals surface area (Å²) in [6.45, 7) is 3.99. The second-order valence-electron chi connectivity index (χ2n) is 6.57. The van der Waals surface area contributed by atoms with Gasteiger partial charge in [0.25, 0.3) is 0 Å². The number of carbonyl (C=O) groups excluding carboxylic acids is 3. The Kier molecular flexibility index (Phi) is 8.54. The van der Waals surface area contributed by atoms with Crippen LogP contribution < -0.4 is 10.6 Å². The Labute approximate surface area is 198 Å². The van der Waals surface area contributed by atoms with Gasteiger partial charge in [0.05, 0.1) is 36.9 Å². The molecular formula is C21H22ClN3O5S2. The van der Waals surface area contributed by atoms with Gasteiger partial charge in [0.1, 0.15) is 0 Å². The third kappa shape index (κ3) is 6.24. The van der Waals surface area contributed by atoms with E-state index < -0.39 is 18.0 Å². The molecule has 2 aromatic rings. The van der Waals surface area contributed by atoms with Gasteiger partial charge in [-0.05, 0) is 31.5 Å². The van der Waals surface area contributed by atoms with E-state index in [1.807, 2.05) is 0 Å². The number of benzene rings is 1. The third-order valence-corrected chi connectivity index (χ3v) is 6.70. The first-order valence-corrected chi connectivity index (χ1v) is 12.1. The van der Waals surface area contributed by atoms with Crippen LogP contribution in [0.2, 0.25) is 5.02 Å². The van der Waals surface area contributed by atoms with E-state index in [2.05, 4.69) is 15.6 Å². The van der Waals surface area contributed by atoms with Crippen LogP contribution in [-0.2, 0) is 25.5 Å². The van der Waals surface area contributed by atoms with Gasteiger partial charge in [-0.25, -0.2) is 14.6 Å². The van der Waals surface area contributed by atoms with Crippen molar-refractivity contribution in [2.75, 3.05) is 19.0 Å². The summed E-state index contributed by atoms with van der Waals surface area (Å²) in [5.41, 5.74) is 2.09. The molecule has 1 aliphatic heterocycles. The molecule has 8 nitrogen and oxygen atoms in total. The van der Waals surface area contributed by atoms with E-state index in [4.69, 9.17) is 21.1 Å². The van der Waals surface area contributed by atoms with Crippen LogP contribution >= 0.6 is 34.7 Å². The molecule has 0 aliphatic carbocycles. The smallest absolute Gasteiger partial charge is 0.338 e. The fourth-order valence-electron chi connectivity index (χ4n) is 3.02. The van der Waals surface area contributed by atoms with Gasteiger partial charge in [-0.3, -0.25) is 4.79 Å². The van der Waals surface area contributed by atoms with E-state index in [0.717, 1.165) is 0 Å². The molecule has 0 spiro atoms. The molecule has 2 amide bonds. The quantitative estimate of drug-likeness (QED) is 0.401. The summed E-state index contributed by atoms with van der Waals surface area (Å²) in [7, 11) is 0. The van der Waals surface area contributed by atoms with Crippen LogP contribution in [0, 0.1) is 0 Å². The zero-order valence-corrected chi connectivity index (χ0v) is 19.9. The highest BCUT2D eigenvalue weighted by Gasteiger charge is 2.33. The molecule has 3 rings (SSSR count). The third-order valence-electron chi connectivity index (χ3n) is 4.35. The minimum Gasteiger partial charge on any atom is -0.466 e. The van der Waals surface area contributed by atoms with E-state index in [1.54, 1.807) is 43.5 Å². The fraction of sp³-hybridized carbons (Fsp3) is 0.333. The molecule has 0 saturated carbocycles. The highest BCUT2D eigenvalue weighted by Crippen LogP contribution is 2.32. The monoisotopic (exact) mass is 495 g/mol. The van der Waals surface area contributed by atoms with E-state index in [9.17, 15) is 14.4 Å². The molecule has 1 atom stereocenters. The van der Waals surface area contributed by atoms with Gasteiger partial charge in [0, 0.05) is 21.9 Å². The number of carbonyl (C=O) groups is 3. The molecule has 2 N–H and O–H groups in total. The molecule has 1 aromatic heterocycles. The first-order valence-electron chi connectivity index (χ1n) is 9.87. The van der Waals surface area contributed by atoms with Crippen LogP contribution in [0.5, 0.6) is 0 Å². The average molecular weight is 496 g/mol. The molecule has 32 heavy (non-hydrogen) atoms. The Morgan fingerprint density at radius 2 is 1.91 bits per heavy atom. The number of hydrogen-bond acceptors (Lipinski definition) is 8. The number of rotatable bonds is 9. The molecule has 0 radical (unpaired) electrons. The molecular weight excluding hydrogens is 474 g/mol. The summed E-state index contributed by atoms with van der Waals surface area (Å²) in [5, 5.41) is 7.85. The van der Waals surface area contributed by atoms with Crippen molar-refractivity contribution in [1.29, 1.82) is 0 Å². The number of thioether (sulfide) groups is 1. The van der Waals surface area contributed by atoms with Crippen molar-refractivity contribution in [3.8, 4) is 0 Å². The maximum Gasteiger partial charge on any atom is 0.338 e. The summed E-state index contributed by atoms with van der Waals surface area (Å²) in [5.74, 6) is -0.561. The largest absolute Gasteiger partial charge is 0.466 e. The highest BCUT2D eigenvalue weighted by molar-refractivity contribution is 8.01. The maximum atomic E-state index is 12.8. The molecule has 1 aromatic carbocycles. The number of ether oxygens (including phenoxy) is 2. The highest BCUT2D eigenvalue weighted by atomic mass is 35.5. The lowest BCUT2D eigenvalue weighted by atomic mass is 9.95. The zero-order valence-electron chi connectivity index (χ0n) is 17.5. The van der Waals surface area contributed by atoms with Gasteiger partial charge in [-0.15, -0.1) is 11.3 Å². The van der Waals surface area contributed by atoms with Crippen LogP contribution in [0.4, 0.5) is 4.79 Å². The zero-order chi connectivity index (χ0) is 23.1. The Bertz CT molecular complexity index is 1020. The predicted molar refractivity (Wildman–Crippen MR) is 123 cm³/mol. The number of esters is 2. The molecule has 1 aliphatic rings. The lowest BCUT2D eigenvalue weighted by Gasteiger charge is -2.29. The minimum absolute atomic E-state index is 0.0982. The van der Waals surface area contributed by atoms with Crippen molar-refractivity contribution >= 4 is 52.7 Å². The van der Waals surface area contributed by atoms with Crippen molar-refractivity contribution in [3.05, 3.63) is 57.2 Å². The van der Waals surface area contributed by atoms with Gasteiger partial charge < -0.3 is 20.1 Å². The second kappa shape index (κ2) is 11.3. The van der Waals surface area contributed by atoms with Gasteiger partial charge in [-0.2, -0.15) is 0 Å². The Hall–Kier alpha value is -2.56. The Morgan fingerprint density at radius 3 is 2.59 bits per heavy atom. The van der Waals surface area contributed by atoms with Crippen molar-refractivity contribution in [3.63, 3.8) is 0 Å². The van der Waals surface area contributed by atoms with Gasteiger partial charge in [-0.1, -0.05) is 35.5 Å². The molecule has 11 heteroatoms. The molecule has 0 saturated heterocycles. The van der Waals surface area contributed by atoms with Gasteiger partial charge in [0.2, 0.25) is 0 Å². The van der Waals surface area contributed by atoms with Crippen LogP contribution in [0.25, 0.3) is 0 Å². The average Bonchev–Trinajstić information content (AvgIpc) is 3.19. The van der Waals surface area contributed by atoms with Crippen LogP contribution in [-0.4, -0.2) is 41.9 Å². The Balaban J connectivity index is 1.83. The lowest BCUT2D eigenvalue weighted by molar-refractivity contribution is -0.142. The molecule has 1 unspecified atom stereocenters. The standard InChI is InChI=1S/C21H22ClN3O5S2/c1-3-29-16(26)9-14-10-31-21(23-14)32-11-15-17(19(27)30-4-2)18(25-20(28)24-15)12-5-7-13(22)8-6-12/h5-8,10,18H,3-4,9,11H2,1-2H3,(H2,24,25,28). The molecule has 0 fully saturated rings. The number of amides is 2. The lowest BCUT2D eigenvalue weighted by Crippen LogP contribution is -2.46. The molecule has 170 valence electrons. The topological polar surface area (TPSA) is 107 Å². The SMILES string of the molecule is CCOC(=O)Cc1csc(SCC2=C(C(=O)OCC)C(c3ccc(Cl)cc3)NC(=O)N2)n1. The van der Waals surface area contributed by atoms with Crippen molar-refractivity contribution in [1.82, 2.24) is 15.6 Å². The summed E-state index contributed by atoms with van der Waals surface area (Å²) in [6, 6.07) is 5.81. The maximum absolute atomic E-state index is 12.8. The first-order chi connectivity index (χ1) is 15.4. The summed E-state index contributed by atoms with van der Waals surface area (Å²) >= 11 is 8.72. The number of hydrogen-bond donors (Lipinski definition) is 2. The van der Waals surface area contributed by atoms with Crippen LogP contribution in [0.15, 0.2) is 45.3 Å². The van der Waals surface area contributed by atoms with E-state index in [-0.39, 0.29) is 24.7 Å².